The fraction of sp³-hybridized carbons (Fsp3) is 0.333. The molecule has 1 aromatic heterocycles. The molecule has 1 amide bonds. The zero-order chi connectivity index (χ0) is 22.0. The highest BCUT2D eigenvalue weighted by molar-refractivity contribution is 7.22. The molecule has 1 saturated heterocycles. The highest BCUT2D eigenvalue weighted by atomic mass is 35.5. The first-order chi connectivity index (χ1) is 14.9. The number of nitro groups is 1. The number of anilines is 1. The number of carbonyl (C=O) groups excluding carboxylic acids is 1. The monoisotopic (exact) mass is 459 g/mol. The zero-order valence-corrected chi connectivity index (χ0v) is 18.6. The Hall–Kier alpha value is -2.75. The maximum Gasteiger partial charge on any atom is 0.270 e. The molecule has 1 aliphatic rings. The van der Waals surface area contributed by atoms with Crippen LogP contribution in [0.15, 0.2) is 36.4 Å². The maximum atomic E-state index is 12.3. The van der Waals surface area contributed by atoms with Crippen LogP contribution in [0.4, 0.5) is 10.8 Å². The molecule has 0 atom stereocenters. The quantitative estimate of drug-likeness (QED) is 0.446. The normalized spacial score (nSPS) is 14.7. The minimum atomic E-state index is -0.502. The number of piperazine rings is 1. The molecular formula is C21H22ClN5O3S. The molecule has 1 aliphatic heterocycles. The summed E-state index contributed by atoms with van der Waals surface area (Å²) in [7, 11) is 0. The molecule has 2 aromatic carbocycles. The lowest BCUT2D eigenvalue weighted by Gasteiger charge is -2.34. The van der Waals surface area contributed by atoms with Gasteiger partial charge in [0.2, 0.25) is 0 Å². The van der Waals surface area contributed by atoms with E-state index < -0.39 is 4.92 Å². The summed E-state index contributed by atoms with van der Waals surface area (Å²) in [4.78, 5) is 32.0. The number of hydrogen-bond donors (Lipinski definition) is 1. The zero-order valence-electron chi connectivity index (χ0n) is 17.0. The molecule has 31 heavy (non-hydrogen) atoms. The van der Waals surface area contributed by atoms with E-state index in [1.54, 1.807) is 17.4 Å². The van der Waals surface area contributed by atoms with E-state index in [1.165, 1.54) is 18.2 Å². The average Bonchev–Trinajstić information content (AvgIpc) is 3.22. The van der Waals surface area contributed by atoms with Crippen LogP contribution in [-0.2, 0) is 0 Å². The summed E-state index contributed by atoms with van der Waals surface area (Å²) in [6.45, 7) is 6.69. The number of rotatable bonds is 6. The van der Waals surface area contributed by atoms with Gasteiger partial charge in [-0.3, -0.25) is 19.8 Å². The molecule has 0 spiro atoms. The molecule has 10 heteroatoms. The van der Waals surface area contributed by atoms with Crippen LogP contribution in [0.1, 0.15) is 15.9 Å². The van der Waals surface area contributed by atoms with Gasteiger partial charge in [0.25, 0.3) is 11.6 Å². The van der Waals surface area contributed by atoms with Crippen molar-refractivity contribution in [3.05, 3.63) is 62.7 Å². The Bertz CT molecular complexity index is 1130. The Balaban J connectivity index is 1.27. The lowest BCUT2D eigenvalue weighted by atomic mass is 10.2. The summed E-state index contributed by atoms with van der Waals surface area (Å²) in [5.74, 6) is -0.300. The van der Waals surface area contributed by atoms with Crippen molar-refractivity contribution in [1.29, 1.82) is 0 Å². The number of amides is 1. The topological polar surface area (TPSA) is 91.6 Å². The molecule has 1 N–H and O–H groups in total. The van der Waals surface area contributed by atoms with Crippen molar-refractivity contribution in [2.45, 2.75) is 6.92 Å². The van der Waals surface area contributed by atoms with Gasteiger partial charge in [-0.05, 0) is 30.7 Å². The molecule has 0 saturated carbocycles. The van der Waals surface area contributed by atoms with Crippen LogP contribution in [0.25, 0.3) is 10.2 Å². The third-order valence-corrected chi connectivity index (χ3v) is 6.90. The number of halogens is 1. The molecule has 1 fully saturated rings. The van der Waals surface area contributed by atoms with Gasteiger partial charge in [0, 0.05) is 62.0 Å². The first-order valence-corrected chi connectivity index (χ1v) is 11.2. The van der Waals surface area contributed by atoms with Crippen LogP contribution in [-0.4, -0.2) is 60.0 Å². The number of nitrogens with one attached hydrogen (secondary N) is 1. The minimum Gasteiger partial charge on any atom is -0.351 e. The summed E-state index contributed by atoms with van der Waals surface area (Å²) in [6, 6.07) is 9.70. The number of thiazole rings is 1. The summed E-state index contributed by atoms with van der Waals surface area (Å²) in [6.07, 6.45) is 0. The van der Waals surface area contributed by atoms with Gasteiger partial charge in [-0.15, -0.1) is 0 Å². The molecule has 162 valence electrons. The third kappa shape index (κ3) is 4.79. The van der Waals surface area contributed by atoms with Gasteiger partial charge in [0.05, 0.1) is 15.1 Å². The standard InChI is InChI=1S/C21H22ClN5O3S/c1-14-17(22)5-6-18-19(14)24-21(31-18)26-11-9-25(10-12-26)8-7-23-20(28)15-3-2-4-16(13-15)27(29)30/h2-6,13H,7-12H2,1H3,(H,23,28). The van der Waals surface area contributed by atoms with E-state index >= 15 is 0 Å². The lowest BCUT2D eigenvalue weighted by Crippen LogP contribution is -2.48. The molecule has 0 bridgehead atoms. The summed E-state index contributed by atoms with van der Waals surface area (Å²) in [5.41, 5.74) is 2.19. The lowest BCUT2D eigenvalue weighted by molar-refractivity contribution is -0.384. The Kier molecular flexibility index (Phi) is 6.35. The number of non-ortho nitro benzene ring substituents is 1. The van der Waals surface area contributed by atoms with Crippen molar-refractivity contribution in [2.75, 3.05) is 44.2 Å². The molecule has 0 radical (unpaired) electrons. The van der Waals surface area contributed by atoms with Crippen molar-refractivity contribution in [1.82, 2.24) is 15.2 Å². The second kappa shape index (κ2) is 9.17. The van der Waals surface area contributed by atoms with E-state index in [0.717, 1.165) is 58.7 Å². The van der Waals surface area contributed by atoms with Crippen LogP contribution in [0.5, 0.6) is 0 Å². The van der Waals surface area contributed by atoms with Gasteiger partial charge in [0.15, 0.2) is 5.13 Å². The van der Waals surface area contributed by atoms with E-state index in [9.17, 15) is 14.9 Å². The summed E-state index contributed by atoms with van der Waals surface area (Å²) in [5, 5.41) is 15.5. The van der Waals surface area contributed by atoms with Crippen LogP contribution in [0.2, 0.25) is 5.02 Å². The highest BCUT2D eigenvalue weighted by Crippen LogP contribution is 2.33. The number of hydrogen-bond acceptors (Lipinski definition) is 7. The average molecular weight is 460 g/mol. The van der Waals surface area contributed by atoms with E-state index in [1.807, 2.05) is 19.1 Å². The van der Waals surface area contributed by atoms with Gasteiger partial charge < -0.3 is 10.2 Å². The number of aryl methyl sites for hydroxylation is 1. The van der Waals surface area contributed by atoms with Gasteiger partial charge in [0.1, 0.15) is 0 Å². The molecule has 8 nitrogen and oxygen atoms in total. The molecule has 2 heterocycles. The Morgan fingerprint density at radius 2 is 2.03 bits per heavy atom. The van der Waals surface area contributed by atoms with Gasteiger partial charge in [-0.2, -0.15) is 0 Å². The Morgan fingerprint density at radius 1 is 1.26 bits per heavy atom. The van der Waals surface area contributed by atoms with Crippen molar-refractivity contribution >= 4 is 49.9 Å². The number of fused-ring (bicyclic) bond motifs is 1. The number of nitrogens with zero attached hydrogens (tertiary/aromatic N) is 4. The van der Waals surface area contributed by atoms with Crippen LogP contribution < -0.4 is 10.2 Å². The Labute approximate surface area is 188 Å². The molecular weight excluding hydrogens is 438 g/mol. The SMILES string of the molecule is Cc1c(Cl)ccc2sc(N3CCN(CCNC(=O)c4cccc([N+](=O)[O-])c4)CC3)nc12. The second-order valence-corrected chi connectivity index (χ2v) is 8.82. The molecule has 0 aliphatic carbocycles. The van der Waals surface area contributed by atoms with Gasteiger partial charge in [-0.25, -0.2) is 4.98 Å². The van der Waals surface area contributed by atoms with Gasteiger partial charge >= 0.3 is 0 Å². The van der Waals surface area contributed by atoms with E-state index in [-0.39, 0.29) is 11.6 Å². The van der Waals surface area contributed by atoms with Crippen molar-refractivity contribution in [3.8, 4) is 0 Å². The smallest absolute Gasteiger partial charge is 0.270 e. The van der Waals surface area contributed by atoms with E-state index in [0.29, 0.717) is 12.1 Å². The van der Waals surface area contributed by atoms with E-state index in [4.69, 9.17) is 16.6 Å². The van der Waals surface area contributed by atoms with Crippen LogP contribution in [0, 0.1) is 17.0 Å². The predicted octanol–water partition coefficient (Wildman–Crippen LogP) is 3.72. The Morgan fingerprint density at radius 3 is 2.77 bits per heavy atom. The van der Waals surface area contributed by atoms with Crippen LogP contribution in [0.3, 0.4) is 0 Å². The van der Waals surface area contributed by atoms with Crippen LogP contribution >= 0.6 is 22.9 Å². The number of benzene rings is 2. The van der Waals surface area contributed by atoms with Crippen molar-refractivity contribution < 1.29 is 9.72 Å². The third-order valence-electron chi connectivity index (χ3n) is 5.41. The first kappa shape index (κ1) is 21.5. The fourth-order valence-corrected chi connectivity index (χ4v) is 4.81. The molecule has 4 rings (SSSR count). The molecule has 0 unspecified atom stereocenters. The highest BCUT2D eigenvalue weighted by Gasteiger charge is 2.20. The largest absolute Gasteiger partial charge is 0.351 e. The van der Waals surface area contributed by atoms with Crippen molar-refractivity contribution in [3.63, 3.8) is 0 Å². The molecule has 3 aromatic rings. The maximum absolute atomic E-state index is 12.3. The summed E-state index contributed by atoms with van der Waals surface area (Å²) < 4.78 is 1.14. The number of nitro benzene ring substituents is 1. The number of aromatic nitrogens is 1. The van der Waals surface area contributed by atoms with E-state index in [2.05, 4.69) is 15.1 Å². The minimum absolute atomic E-state index is 0.0870. The fourth-order valence-electron chi connectivity index (χ4n) is 3.58. The predicted molar refractivity (Wildman–Crippen MR) is 123 cm³/mol. The number of carbonyl (C=O) groups is 1. The second-order valence-electron chi connectivity index (χ2n) is 7.41. The first-order valence-electron chi connectivity index (χ1n) is 9.98. The summed E-state index contributed by atoms with van der Waals surface area (Å²) >= 11 is 7.90. The van der Waals surface area contributed by atoms with Gasteiger partial charge in [-0.1, -0.05) is 29.0 Å². The van der Waals surface area contributed by atoms with Crippen molar-refractivity contribution in [2.24, 2.45) is 0 Å².